The maximum Gasteiger partial charge on any atom is 0.134 e. The predicted molar refractivity (Wildman–Crippen MR) is 58.2 cm³/mol. The molecule has 1 aromatic heterocycles. The van der Waals surface area contributed by atoms with E-state index in [0.29, 0.717) is 9.99 Å². The third-order valence-electron chi connectivity index (χ3n) is 1.99. The van der Waals surface area contributed by atoms with E-state index in [4.69, 9.17) is 11.5 Å². The van der Waals surface area contributed by atoms with E-state index < -0.39 is 5.82 Å². The summed E-state index contributed by atoms with van der Waals surface area (Å²) in [5.41, 5.74) is 12.2. The third kappa shape index (κ3) is 1.21. The van der Waals surface area contributed by atoms with Gasteiger partial charge in [0.1, 0.15) is 5.82 Å². The number of nitrogen functional groups attached to an aromatic ring is 2. The maximum absolute atomic E-state index is 13.4. The van der Waals surface area contributed by atoms with Crippen LogP contribution in [0, 0.1) is 5.82 Å². The van der Waals surface area contributed by atoms with Crippen molar-refractivity contribution in [3.63, 3.8) is 0 Å². The second kappa shape index (κ2) is 3.09. The summed E-state index contributed by atoms with van der Waals surface area (Å²) in [5.74, 6) is -0.416. The molecule has 0 aliphatic heterocycles. The smallest absolute Gasteiger partial charge is 0.134 e. The molecule has 0 bridgehead atoms. The first-order valence-corrected chi connectivity index (χ1v) is 4.68. The summed E-state index contributed by atoms with van der Waals surface area (Å²) in [6.07, 6.45) is 1.42. The van der Waals surface area contributed by atoms with Crippen molar-refractivity contribution in [2.45, 2.75) is 0 Å². The van der Waals surface area contributed by atoms with Crippen LogP contribution in [0.1, 0.15) is 0 Å². The van der Waals surface area contributed by atoms with Crippen LogP contribution in [-0.2, 0) is 0 Å². The topological polar surface area (TPSA) is 64.9 Å². The van der Waals surface area contributed by atoms with Crippen LogP contribution in [-0.4, -0.2) is 4.98 Å². The van der Waals surface area contributed by atoms with Crippen molar-refractivity contribution in [2.24, 2.45) is 0 Å². The van der Waals surface area contributed by atoms with Gasteiger partial charge in [-0.2, -0.15) is 0 Å². The van der Waals surface area contributed by atoms with Crippen molar-refractivity contribution in [3.8, 4) is 0 Å². The summed E-state index contributed by atoms with van der Waals surface area (Å²) in [6.45, 7) is 0. The van der Waals surface area contributed by atoms with Gasteiger partial charge in [-0.3, -0.25) is 4.98 Å². The highest BCUT2D eigenvalue weighted by Gasteiger charge is 2.10. The molecule has 2 rings (SSSR count). The zero-order valence-corrected chi connectivity index (χ0v) is 8.68. The second-order valence-corrected chi connectivity index (χ2v) is 3.73. The molecule has 0 radical (unpaired) electrons. The standard InChI is InChI=1S/C9H7BrFN3/c10-4-1-2-5(11)7-8(13)6(12)3-14-9(4)7/h1-3H,12H2,(H2,13,14). The fourth-order valence-electron chi connectivity index (χ4n) is 1.27. The Balaban J connectivity index is 3.01. The molecule has 0 saturated carbocycles. The third-order valence-corrected chi connectivity index (χ3v) is 2.63. The van der Waals surface area contributed by atoms with Gasteiger partial charge in [0, 0.05) is 4.47 Å². The summed E-state index contributed by atoms with van der Waals surface area (Å²) in [6, 6.07) is 2.91. The van der Waals surface area contributed by atoms with Gasteiger partial charge in [-0.05, 0) is 28.1 Å². The summed E-state index contributed by atoms with van der Waals surface area (Å²) in [5, 5.41) is 0.263. The number of nitrogens with two attached hydrogens (primary N) is 2. The Morgan fingerprint density at radius 2 is 2.00 bits per heavy atom. The molecule has 0 saturated heterocycles. The van der Waals surface area contributed by atoms with Gasteiger partial charge < -0.3 is 11.5 Å². The maximum atomic E-state index is 13.4. The zero-order chi connectivity index (χ0) is 10.3. The van der Waals surface area contributed by atoms with E-state index >= 15 is 0 Å². The van der Waals surface area contributed by atoms with Gasteiger partial charge in [0.05, 0.1) is 28.5 Å². The molecule has 0 atom stereocenters. The van der Waals surface area contributed by atoms with Crippen LogP contribution >= 0.6 is 15.9 Å². The average molecular weight is 256 g/mol. The van der Waals surface area contributed by atoms with Crippen LogP contribution < -0.4 is 11.5 Å². The van der Waals surface area contributed by atoms with Crippen molar-refractivity contribution in [3.05, 3.63) is 28.6 Å². The summed E-state index contributed by atoms with van der Waals surface area (Å²) >= 11 is 3.26. The van der Waals surface area contributed by atoms with Gasteiger partial charge in [-0.1, -0.05) is 0 Å². The highest BCUT2D eigenvalue weighted by atomic mass is 79.9. The number of benzene rings is 1. The number of halogens is 2. The molecule has 2 aromatic rings. The molecule has 14 heavy (non-hydrogen) atoms. The highest BCUT2D eigenvalue weighted by Crippen LogP contribution is 2.31. The van der Waals surface area contributed by atoms with Gasteiger partial charge in [-0.15, -0.1) is 0 Å². The molecule has 0 unspecified atom stereocenters. The Labute approximate surface area is 88.0 Å². The lowest BCUT2D eigenvalue weighted by atomic mass is 10.1. The minimum absolute atomic E-state index is 0.230. The summed E-state index contributed by atoms with van der Waals surface area (Å²) < 4.78 is 14.1. The Bertz CT molecular complexity index is 513. The molecule has 0 amide bonds. The fraction of sp³-hybridized carbons (Fsp3) is 0. The molecule has 0 fully saturated rings. The monoisotopic (exact) mass is 255 g/mol. The molecule has 72 valence electrons. The molecule has 1 aromatic carbocycles. The lowest BCUT2D eigenvalue weighted by Crippen LogP contribution is -1.99. The Hall–Kier alpha value is -1.36. The molecule has 5 heteroatoms. The first-order chi connectivity index (χ1) is 6.61. The zero-order valence-electron chi connectivity index (χ0n) is 7.09. The molecule has 0 spiro atoms. The summed E-state index contributed by atoms with van der Waals surface area (Å²) in [4.78, 5) is 4.01. The van der Waals surface area contributed by atoms with E-state index in [0.717, 1.165) is 0 Å². The SMILES string of the molecule is Nc1cnc2c(Br)ccc(F)c2c1N. The van der Waals surface area contributed by atoms with Crippen LogP contribution in [0.4, 0.5) is 15.8 Å². The Kier molecular flexibility index (Phi) is 2.03. The van der Waals surface area contributed by atoms with Gasteiger partial charge in [0.2, 0.25) is 0 Å². The van der Waals surface area contributed by atoms with Crippen molar-refractivity contribution < 1.29 is 4.39 Å². The lowest BCUT2D eigenvalue weighted by molar-refractivity contribution is 0.640. The van der Waals surface area contributed by atoms with Crippen molar-refractivity contribution in [1.82, 2.24) is 4.98 Å². The van der Waals surface area contributed by atoms with E-state index in [1.54, 1.807) is 6.07 Å². The molecule has 1 heterocycles. The van der Waals surface area contributed by atoms with Crippen LogP contribution in [0.2, 0.25) is 0 Å². The number of hydrogen-bond donors (Lipinski definition) is 2. The molecule has 3 nitrogen and oxygen atoms in total. The second-order valence-electron chi connectivity index (χ2n) is 2.88. The van der Waals surface area contributed by atoms with Crippen LogP contribution in [0.25, 0.3) is 10.9 Å². The van der Waals surface area contributed by atoms with Crippen LogP contribution in [0.5, 0.6) is 0 Å². The van der Waals surface area contributed by atoms with E-state index in [1.165, 1.54) is 12.3 Å². The van der Waals surface area contributed by atoms with E-state index in [1.807, 2.05) is 0 Å². The highest BCUT2D eigenvalue weighted by molar-refractivity contribution is 9.10. The van der Waals surface area contributed by atoms with E-state index in [2.05, 4.69) is 20.9 Å². The first kappa shape index (κ1) is 9.21. The summed E-state index contributed by atoms with van der Waals surface area (Å²) in [7, 11) is 0. The van der Waals surface area contributed by atoms with Crippen molar-refractivity contribution in [2.75, 3.05) is 11.5 Å². The lowest BCUT2D eigenvalue weighted by Gasteiger charge is -2.06. The van der Waals surface area contributed by atoms with Crippen LogP contribution in [0.15, 0.2) is 22.8 Å². The Morgan fingerprint density at radius 1 is 1.29 bits per heavy atom. The van der Waals surface area contributed by atoms with Crippen LogP contribution in [0.3, 0.4) is 0 Å². The molecule has 0 aliphatic carbocycles. The van der Waals surface area contributed by atoms with Crippen molar-refractivity contribution >= 4 is 38.2 Å². The first-order valence-electron chi connectivity index (χ1n) is 3.89. The molecular formula is C9H7BrFN3. The number of fused-ring (bicyclic) bond motifs is 1. The number of pyridine rings is 1. The molecule has 4 N–H and O–H groups in total. The number of aromatic nitrogens is 1. The van der Waals surface area contributed by atoms with E-state index in [-0.39, 0.29) is 16.8 Å². The van der Waals surface area contributed by atoms with Gasteiger partial charge >= 0.3 is 0 Å². The van der Waals surface area contributed by atoms with Gasteiger partial charge in [0.15, 0.2) is 0 Å². The number of anilines is 2. The predicted octanol–water partition coefficient (Wildman–Crippen LogP) is 2.30. The van der Waals surface area contributed by atoms with Crippen molar-refractivity contribution in [1.29, 1.82) is 0 Å². The Morgan fingerprint density at radius 3 is 2.71 bits per heavy atom. The van der Waals surface area contributed by atoms with E-state index in [9.17, 15) is 4.39 Å². The normalized spacial score (nSPS) is 10.7. The minimum Gasteiger partial charge on any atom is -0.396 e. The average Bonchev–Trinajstić information content (AvgIpc) is 2.16. The van der Waals surface area contributed by atoms with Gasteiger partial charge in [0.25, 0.3) is 0 Å². The quantitative estimate of drug-likeness (QED) is 0.760. The molecular weight excluding hydrogens is 249 g/mol. The molecule has 0 aliphatic rings. The number of nitrogens with zero attached hydrogens (tertiary/aromatic N) is 1. The number of hydrogen-bond acceptors (Lipinski definition) is 3. The fourth-order valence-corrected chi connectivity index (χ4v) is 1.70. The largest absolute Gasteiger partial charge is 0.396 e. The minimum atomic E-state index is -0.416. The van der Waals surface area contributed by atoms with Gasteiger partial charge in [-0.25, -0.2) is 4.39 Å². The number of rotatable bonds is 0.